The van der Waals surface area contributed by atoms with Crippen molar-refractivity contribution in [3.05, 3.63) is 53.6 Å². The van der Waals surface area contributed by atoms with Gasteiger partial charge < -0.3 is 20.1 Å². The molecule has 1 aliphatic rings. The Morgan fingerprint density at radius 2 is 1.86 bits per heavy atom. The van der Waals surface area contributed by atoms with E-state index >= 15 is 0 Å². The summed E-state index contributed by atoms with van der Waals surface area (Å²) in [7, 11) is 0. The van der Waals surface area contributed by atoms with Crippen molar-refractivity contribution in [3.63, 3.8) is 0 Å². The minimum atomic E-state index is -4.51. The molecule has 1 aromatic carbocycles. The Morgan fingerprint density at radius 1 is 1.20 bits per heavy atom. The molecule has 2 aromatic rings. The topological polar surface area (TPSA) is 122 Å². The maximum absolute atomic E-state index is 13.3. The second kappa shape index (κ2) is 9.35. The molecule has 3 N–H and O–H groups in total. The molecule has 3 rings (SSSR count). The highest BCUT2D eigenvalue weighted by Gasteiger charge is 2.58. The van der Waals surface area contributed by atoms with E-state index < -0.39 is 52.4 Å². The van der Waals surface area contributed by atoms with E-state index in [9.17, 15) is 37.8 Å². The maximum Gasteiger partial charge on any atom is 0.416 e. The first-order chi connectivity index (χ1) is 16.2. The molecule has 0 radical (unpaired) electrons. The second-order valence-corrected chi connectivity index (χ2v) is 9.75. The van der Waals surface area contributed by atoms with E-state index in [-0.39, 0.29) is 30.6 Å². The lowest BCUT2D eigenvalue weighted by Crippen LogP contribution is -2.49. The average Bonchev–Trinajstić information content (AvgIpc) is 3.28. The number of nitrogens with one attached hydrogen (secondary N) is 1. The van der Waals surface area contributed by atoms with Gasteiger partial charge in [-0.05, 0) is 36.8 Å². The number of carbonyl (C=O) groups excluding carboxylic acids is 1. The Bertz CT molecular complexity index is 1130. The molecule has 1 heterocycles. The molecule has 11 heteroatoms. The molecule has 0 unspecified atom stereocenters. The Labute approximate surface area is 200 Å². The van der Waals surface area contributed by atoms with Crippen molar-refractivity contribution in [3.8, 4) is 0 Å². The summed E-state index contributed by atoms with van der Waals surface area (Å²) in [6, 6.07) is 3.81. The number of aliphatic carboxylic acids is 2. The van der Waals surface area contributed by atoms with Gasteiger partial charge in [0.25, 0.3) is 0 Å². The van der Waals surface area contributed by atoms with Crippen molar-refractivity contribution in [2.24, 2.45) is 16.7 Å². The normalized spacial score (nSPS) is 22.5. The van der Waals surface area contributed by atoms with E-state index in [0.29, 0.717) is 6.42 Å². The van der Waals surface area contributed by atoms with Gasteiger partial charge in [-0.25, -0.2) is 9.78 Å². The first-order valence-electron chi connectivity index (χ1n) is 11.1. The summed E-state index contributed by atoms with van der Waals surface area (Å²) < 4.78 is 41.2. The van der Waals surface area contributed by atoms with Gasteiger partial charge in [0.15, 0.2) is 0 Å². The number of hydrogen-bond donors (Lipinski definition) is 3. The summed E-state index contributed by atoms with van der Waals surface area (Å²) in [5.41, 5.74) is -2.47. The average molecular weight is 495 g/mol. The van der Waals surface area contributed by atoms with Crippen LogP contribution in [-0.4, -0.2) is 43.7 Å². The van der Waals surface area contributed by atoms with Crippen LogP contribution in [0.1, 0.15) is 50.4 Å². The van der Waals surface area contributed by atoms with Crippen molar-refractivity contribution in [1.82, 2.24) is 14.9 Å². The maximum atomic E-state index is 13.3. The van der Waals surface area contributed by atoms with Crippen molar-refractivity contribution >= 4 is 17.8 Å². The number of nitrogens with zero attached hydrogens (tertiary/aromatic N) is 2. The number of hydrogen-bond acceptors (Lipinski definition) is 4. The second-order valence-electron chi connectivity index (χ2n) is 9.75. The number of carboxylic acids is 2. The molecule has 1 saturated carbocycles. The van der Waals surface area contributed by atoms with Gasteiger partial charge >= 0.3 is 18.1 Å². The number of rotatable bonds is 8. The van der Waals surface area contributed by atoms with Crippen LogP contribution in [-0.2, 0) is 33.5 Å². The van der Waals surface area contributed by atoms with Gasteiger partial charge in [0.05, 0.1) is 23.0 Å². The van der Waals surface area contributed by atoms with Crippen LogP contribution >= 0.6 is 0 Å². The fourth-order valence-corrected chi connectivity index (χ4v) is 4.75. The Kier molecular flexibility index (Phi) is 7.01. The molecular weight excluding hydrogens is 467 g/mol. The van der Waals surface area contributed by atoms with E-state index in [1.165, 1.54) is 35.3 Å². The first kappa shape index (κ1) is 26.2. The molecule has 3 atom stereocenters. The molecule has 0 aliphatic heterocycles. The number of benzene rings is 1. The Morgan fingerprint density at radius 3 is 2.43 bits per heavy atom. The highest BCUT2D eigenvalue weighted by atomic mass is 19.4. The van der Waals surface area contributed by atoms with Gasteiger partial charge in [0, 0.05) is 25.1 Å². The zero-order valence-electron chi connectivity index (χ0n) is 19.6. The number of imidazole rings is 1. The van der Waals surface area contributed by atoms with E-state index in [4.69, 9.17) is 0 Å². The van der Waals surface area contributed by atoms with Gasteiger partial charge in [-0.3, -0.25) is 9.59 Å². The largest absolute Gasteiger partial charge is 0.481 e. The number of carboxylic acid groups (broad SMARTS) is 2. The Hall–Kier alpha value is -3.37. The van der Waals surface area contributed by atoms with Crippen LogP contribution in [0.5, 0.6) is 0 Å². The molecule has 1 aliphatic carbocycles. The number of aromatic nitrogens is 2. The van der Waals surface area contributed by atoms with Gasteiger partial charge in [-0.2, -0.15) is 13.2 Å². The standard InChI is InChI=1S/C24H28F3N3O5/c1-22(2)17(8-9-23(22,3)21(34)35)19(31)29-18(20(32)33)10-15-12-30(13-28-15)11-14-6-4-5-7-16(14)24(25,26)27/h4-7,12-13,17-18H,8-11H2,1-3H3,(H,29,31)(H,32,33)(H,34,35)/t17-,18+,23+/m1/s1. The fourth-order valence-electron chi connectivity index (χ4n) is 4.75. The van der Waals surface area contributed by atoms with E-state index in [1.807, 2.05) is 0 Å². The summed E-state index contributed by atoms with van der Waals surface area (Å²) in [6.07, 6.45) is -1.35. The molecule has 35 heavy (non-hydrogen) atoms. The highest BCUT2D eigenvalue weighted by molar-refractivity contribution is 5.87. The Balaban J connectivity index is 1.72. The molecule has 0 spiro atoms. The predicted octanol–water partition coefficient (Wildman–Crippen LogP) is 3.59. The molecule has 1 aromatic heterocycles. The monoisotopic (exact) mass is 495 g/mol. The quantitative estimate of drug-likeness (QED) is 0.515. The lowest BCUT2D eigenvalue weighted by molar-refractivity contribution is -0.155. The van der Waals surface area contributed by atoms with Crippen molar-refractivity contribution in [2.45, 2.75) is 58.8 Å². The zero-order valence-corrected chi connectivity index (χ0v) is 19.6. The molecular formula is C24H28F3N3O5. The van der Waals surface area contributed by atoms with Gasteiger partial charge in [0.2, 0.25) is 5.91 Å². The van der Waals surface area contributed by atoms with E-state index in [1.54, 1.807) is 20.8 Å². The fraction of sp³-hybridized carbons (Fsp3) is 0.500. The smallest absolute Gasteiger partial charge is 0.416 e. The lowest BCUT2D eigenvalue weighted by Gasteiger charge is -2.38. The summed E-state index contributed by atoms with van der Waals surface area (Å²) in [4.78, 5) is 40.7. The number of carbonyl (C=O) groups is 3. The highest BCUT2D eigenvalue weighted by Crippen LogP contribution is 2.56. The minimum Gasteiger partial charge on any atom is -0.481 e. The number of amides is 1. The van der Waals surface area contributed by atoms with Crippen LogP contribution in [0.15, 0.2) is 36.8 Å². The lowest BCUT2D eigenvalue weighted by atomic mass is 9.65. The molecule has 8 nitrogen and oxygen atoms in total. The third kappa shape index (κ3) is 5.18. The molecule has 0 bridgehead atoms. The summed E-state index contributed by atoms with van der Waals surface area (Å²) in [5, 5.41) is 21.8. The predicted molar refractivity (Wildman–Crippen MR) is 118 cm³/mol. The summed E-state index contributed by atoms with van der Waals surface area (Å²) in [6.45, 7) is 4.85. The molecule has 1 fully saturated rings. The van der Waals surface area contributed by atoms with E-state index in [2.05, 4.69) is 10.3 Å². The molecule has 0 saturated heterocycles. The van der Waals surface area contributed by atoms with Crippen LogP contribution in [0.4, 0.5) is 13.2 Å². The van der Waals surface area contributed by atoms with Crippen molar-refractivity contribution in [2.75, 3.05) is 0 Å². The number of alkyl halides is 3. The molecule has 1 amide bonds. The van der Waals surface area contributed by atoms with E-state index in [0.717, 1.165) is 6.07 Å². The SMILES string of the molecule is CC1(C)[C@@H](C(=O)N[C@@H](Cc2cn(Cc3ccccc3C(F)(F)F)cn2)C(=O)O)CC[C@@]1(C)C(=O)O. The van der Waals surface area contributed by atoms with Crippen LogP contribution in [0.25, 0.3) is 0 Å². The number of halogens is 3. The summed E-state index contributed by atoms with van der Waals surface area (Å²) in [5.74, 6) is -3.55. The minimum absolute atomic E-state index is 0.0389. The van der Waals surface area contributed by atoms with Crippen molar-refractivity contribution < 1.29 is 37.8 Å². The van der Waals surface area contributed by atoms with Gasteiger partial charge in [-0.1, -0.05) is 32.0 Å². The third-order valence-corrected chi connectivity index (χ3v) is 7.41. The third-order valence-electron chi connectivity index (χ3n) is 7.41. The van der Waals surface area contributed by atoms with Gasteiger partial charge in [-0.15, -0.1) is 0 Å². The van der Waals surface area contributed by atoms with Crippen LogP contribution in [0, 0.1) is 16.7 Å². The first-order valence-corrected chi connectivity index (χ1v) is 11.1. The molecule has 190 valence electrons. The van der Waals surface area contributed by atoms with Crippen molar-refractivity contribution in [1.29, 1.82) is 0 Å². The van der Waals surface area contributed by atoms with Gasteiger partial charge in [0.1, 0.15) is 6.04 Å². The van der Waals surface area contributed by atoms with Crippen LogP contribution < -0.4 is 5.32 Å². The summed E-state index contributed by atoms with van der Waals surface area (Å²) >= 11 is 0. The zero-order chi connectivity index (χ0) is 26.2. The van der Waals surface area contributed by atoms with Crippen LogP contribution in [0.2, 0.25) is 0 Å². The van der Waals surface area contributed by atoms with Crippen LogP contribution in [0.3, 0.4) is 0 Å².